The fraction of sp³-hybridized carbons (Fsp3) is 0.913. The Kier molecular flexibility index (Phi) is 9.92. The van der Waals surface area contributed by atoms with Gasteiger partial charge in [0.05, 0.1) is 12.9 Å². The van der Waals surface area contributed by atoms with E-state index in [1.165, 1.54) is 83.5 Å². The van der Waals surface area contributed by atoms with E-state index in [9.17, 15) is 0 Å². The van der Waals surface area contributed by atoms with Crippen molar-refractivity contribution >= 4 is 0 Å². The molecule has 24 heavy (non-hydrogen) atoms. The van der Waals surface area contributed by atoms with Crippen LogP contribution in [0.1, 0.15) is 104 Å². The summed E-state index contributed by atoms with van der Waals surface area (Å²) in [4.78, 5) is 0. The van der Waals surface area contributed by atoms with Gasteiger partial charge < -0.3 is 4.74 Å². The van der Waals surface area contributed by atoms with Gasteiger partial charge in [-0.2, -0.15) is 0 Å². The van der Waals surface area contributed by atoms with Crippen molar-refractivity contribution in [2.75, 3.05) is 6.61 Å². The number of hydrogen-bond acceptors (Lipinski definition) is 1. The van der Waals surface area contributed by atoms with Gasteiger partial charge in [-0.15, -0.1) is 0 Å². The molecule has 0 spiro atoms. The topological polar surface area (TPSA) is 9.23 Å². The van der Waals surface area contributed by atoms with Crippen LogP contribution in [0, 0.1) is 23.7 Å². The fourth-order valence-electron chi connectivity index (χ4n) is 4.99. The molecule has 2 aliphatic carbocycles. The summed E-state index contributed by atoms with van der Waals surface area (Å²) in [5, 5.41) is 0. The average Bonchev–Trinajstić information content (AvgIpc) is 2.64. The van der Waals surface area contributed by atoms with Crippen molar-refractivity contribution in [2.24, 2.45) is 23.7 Å². The molecule has 2 rings (SSSR count). The molecule has 0 radical (unpaired) electrons. The van der Waals surface area contributed by atoms with Crippen LogP contribution in [0.3, 0.4) is 0 Å². The van der Waals surface area contributed by atoms with Gasteiger partial charge in [0.1, 0.15) is 0 Å². The Morgan fingerprint density at radius 3 is 1.96 bits per heavy atom. The smallest absolute Gasteiger partial charge is 0.0901 e. The normalized spacial score (nSPS) is 31.4. The summed E-state index contributed by atoms with van der Waals surface area (Å²) < 4.78 is 5.68. The predicted molar refractivity (Wildman–Crippen MR) is 105 cm³/mol. The van der Waals surface area contributed by atoms with E-state index in [4.69, 9.17) is 4.74 Å². The largest absolute Gasteiger partial charge is 0.501 e. The number of hydrogen-bond donors (Lipinski definition) is 0. The lowest BCUT2D eigenvalue weighted by Gasteiger charge is -2.37. The Morgan fingerprint density at radius 1 is 0.750 bits per heavy atom. The molecule has 0 bridgehead atoms. The van der Waals surface area contributed by atoms with E-state index >= 15 is 0 Å². The average molecular weight is 335 g/mol. The predicted octanol–water partition coefficient (Wildman–Crippen LogP) is 7.51. The van der Waals surface area contributed by atoms with Crippen molar-refractivity contribution in [1.82, 2.24) is 0 Å². The zero-order chi connectivity index (χ0) is 17.0. The Balaban J connectivity index is 1.56. The standard InChI is InChI=1S/C23H42O/c1-3-5-7-8-9-20-10-14-22(15-11-20)23-16-12-21(13-17-23)19-24-18-6-4-2/h6,18,20-23H,3-5,7-17,19H2,1-2H3/t20-,21-,22-,23-. The van der Waals surface area contributed by atoms with Gasteiger partial charge in [0.15, 0.2) is 0 Å². The van der Waals surface area contributed by atoms with Gasteiger partial charge in [-0.1, -0.05) is 64.9 Å². The summed E-state index contributed by atoms with van der Waals surface area (Å²) in [6.07, 6.45) is 24.3. The molecule has 140 valence electrons. The lowest BCUT2D eigenvalue weighted by molar-refractivity contribution is 0.108. The van der Waals surface area contributed by atoms with Crippen LogP contribution in [0.25, 0.3) is 0 Å². The third-order valence-electron chi connectivity index (χ3n) is 6.68. The molecule has 0 aromatic carbocycles. The lowest BCUT2D eigenvalue weighted by Crippen LogP contribution is -2.27. The van der Waals surface area contributed by atoms with Gasteiger partial charge in [0.25, 0.3) is 0 Å². The third-order valence-corrected chi connectivity index (χ3v) is 6.68. The monoisotopic (exact) mass is 334 g/mol. The lowest BCUT2D eigenvalue weighted by atomic mass is 9.69. The summed E-state index contributed by atoms with van der Waals surface area (Å²) in [5.74, 6) is 3.97. The van der Waals surface area contributed by atoms with E-state index in [2.05, 4.69) is 19.9 Å². The highest BCUT2D eigenvalue weighted by Crippen LogP contribution is 2.42. The summed E-state index contributed by atoms with van der Waals surface area (Å²) in [6, 6.07) is 0. The van der Waals surface area contributed by atoms with E-state index in [0.29, 0.717) is 0 Å². The van der Waals surface area contributed by atoms with Crippen molar-refractivity contribution in [2.45, 2.75) is 104 Å². The molecule has 0 atom stereocenters. The minimum Gasteiger partial charge on any atom is -0.501 e. The molecule has 2 saturated carbocycles. The van der Waals surface area contributed by atoms with Gasteiger partial charge in [0, 0.05) is 0 Å². The van der Waals surface area contributed by atoms with Crippen molar-refractivity contribution in [3.8, 4) is 0 Å². The van der Waals surface area contributed by atoms with Crippen LogP contribution >= 0.6 is 0 Å². The molecule has 2 aliphatic rings. The van der Waals surface area contributed by atoms with Gasteiger partial charge >= 0.3 is 0 Å². The molecule has 2 fully saturated rings. The molecule has 0 aromatic heterocycles. The Bertz CT molecular complexity index is 319. The van der Waals surface area contributed by atoms with Gasteiger partial charge in [-0.05, 0) is 68.6 Å². The highest BCUT2D eigenvalue weighted by molar-refractivity contribution is 4.82. The molecule has 0 aliphatic heterocycles. The Hall–Kier alpha value is -0.460. The van der Waals surface area contributed by atoms with Crippen LogP contribution < -0.4 is 0 Å². The first-order valence-electron chi connectivity index (χ1n) is 11.1. The number of allylic oxidation sites excluding steroid dienone is 1. The van der Waals surface area contributed by atoms with E-state index < -0.39 is 0 Å². The molecule has 0 amide bonds. The molecular weight excluding hydrogens is 292 g/mol. The van der Waals surface area contributed by atoms with Crippen LogP contribution in [-0.2, 0) is 4.74 Å². The minimum atomic E-state index is 0.817. The molecule has 1 heteroatoms. The molecule has 0 N–H and O–H groups in total. The van der Waals surface area contributed by atoms with Crippen molar-refractivity contribution in [3.05, 3.63) is 12.3 Å². The third kappa shape index (κ3) is 7.19. The van der Waals surface area contributed by atoms with Crippen LogP contribution in [-0.4, -0.2) is 6.61 Å². The molecule has 0 saturated heterocycles. The van der Waals surface area contributed by atoms with Crippen LogP contribution in [0.15, 0.2) is 12.3 Å². The molecular formula is C23H42O. The maximum atomic E-state index is 5.68. The van der Waals surface area contributed by atoms with E-state index in [1.54, 1.807) is 0 Å². The van der Waals surface area contributed by atoms with Crippen molar-refractivity contribution in [3.63, 3.8) is 0 Å². The quantitative estimate of drug-likeness (QED) is 0.297. The maximum Gasteiger partial charge on any atom is 0.0901 e. The zero-order valence-electron chi connectivity index (χ0n) is 16.5. The Morgan fingerprint density at radius 2 is 1.38 bits per heavy atom. The second-order valence-electron chi connectivity index (χ2n) is 8.52. The maximum absolute atomic E-state index is 5.68. The van der Waals surface area contributed by atoms with Crippen LogP contribution in [0.4, 0.5) is 0 Å². The van der Waals surface area contributed by atoms with E-state index in [-0.39, 0.29) is 0 Å². The van der Waals surface area contributed by atoms with E-state index in [0.717, 1.165) is 36.7 Å². The van der Waals surface area contributed by atoms with Crippen molar-refractivity contribution in [1.29, 1.82) is 0 Å². The second-order valence-corrected chi connectivity index (χ2v) is 8.52. The molecule has 0 unspecified atom stereocenters. The van der Waals surface area contributed by atoms with Crippen LogP contribution in [0.2, 0.25) is 0 Å². The molecule has 0 heterocycles. The highest BCUT2D eigenvalue weighted by atomic mass is 16.5. The summed E-state index contributed by atoms with van der Waals surface area (Å²) in [5.41, 5.74) is 0. The van der Waals surface area contributed by atoms with Crippen molar-refractivity contribution < 1.29 is 4.74 Å². The summed E-state index contributed by atoms with van der Waals surface area (Å²) >= 11 is 0. The van der Waals surface area contributed by atoms with Gasteiger partial charge in [-0.25, -0.2) is 0 Å². The van der Waals surface area contributed by atoms with Gasteiger partial charge in [-0.3, -0.25) is 0 Å². The first kappa shape index (κ1) is 19.9. The van der Waals surface area contributed by atoms with E-state index in [1.807, 2.05) is 6.26 Å². The second kappa shape index (κ2) is 12.0. The first-order valence-corrected chi connectivity index (χ1v) is 11.1. The Labute approximate surface area is 151 Å². The molecule has 1 nitrogen and oxygen atoms in total. The minimum absolute atomic E-state index is 0.817. The summed E-state index contributed by atoms with van der Waals surface area (Å²) in [6.45, 7) is 5.42. The van der Waals surface area contributed by atoms with Gasteiger partial charge in [0.2, 0.25) is 0 Å². The SMILES string of the molecule is CCC=COC[C@H]1CC[C@H]([C@H]2CC[C@H](CCCCCC)CC2)CC1. The number of rotatable bonds is 10. The molecule has 0 aromatic rings. The number of unbranched alkanes of at least 4 members (excludes halogenated alkanes) is 3. The number of ether oxygens (including phenoxy) is 1. The highest BCUT2D eigenvalue weighted by Gasteiger charge is 2.30. The fourth-order valence-corrected chi connectivity index (χ4v) is 4.99. The van der Waals surface area contributed by atoms with Crippen LogP contribution in [0.5, 0.6) is 0 Å². The first-order chi connectivity index (χ1) is 11.8. The summed E-state index contributed by atoms with van der Waals surface area (Å²) in [7, 11) is 0. The zero-order valence-corrected chi connectivity index (χ0v) is 16.5.